The molecule has 1 atom stereocenters. The van der Waals surface area contributed by atoms with E-state index in [2.05, 4.69) is 56.8 Å². The highest BCUT2D eigenvalue weighted by atomic mass is 16.5. The van der Waals surface area contributed by atoms with E-state index >= 15 is 0 Å². The molecule has 0 aliphatic carbocycles. The normalized spacial score (nSPS) is 17.9. The molecule has 9 heteroatoms. The molecule has 0 saturated carbocycles. The van der Waals surface area contributed by atoms with Crippen LogP contribution in [-0.2, 0) is 4.79 Å². The smallest absolute Gasteiger partial charge is 0.257 e. The van der Waals surface area contributed by atoms with E-state index in [0.717, 1.165) is 36.2 Å². The molecule has 2 aliphatic heterocycles. The van der Waals surface area contributed by atoms with Gasteiger partial charge in [0.15, 0.2) is 5.82 Å². The van der Waals surface area contributed by atoms with Crippen molar-refractivity contribution < 1.29 is 9.53 Å². The Kier molecular flexibility index (Phi) is 6.33. The highest BCUT2D eigenvalue weighted by Gasteiger charge is 2.24. The molecular formula is C26H29N7O2. The van der Waals surface area contributed by atoms with Crippen molar-refractivity contribution >= 4 is 29.7 Å². The van der Waals surface area contributed by atoms with Crippen molar-refractivity contribution in [1.29, 1.82) is 0 Å². The third-order valence-electron chi connectivity index (χ3n) is 6.66. The number of pyridine rings is 1. The fourth-order valence-electron chi connectivity index (χ4n) is 4.67. The average molecular weight is 472 g/mol. The Morgan fingerprint density at radius 2 is 1.94 bits per heavy atom. The van der Waals surface area contributed by atoms with E-state index in [1.54, 1.807) is 12.4 Å². The quantitative estimate of drug-likeness (QED) is 0.464. The van der Waals surface area contributed by atoms with Gasteiger partial charge in [0.1, 0.15) is 23.8 Å². The van der Waals surface area contributed by atoms with Crippen molar-refractivity contribution in [2.24, 2.45) is 0 Å². The number of carbonyl (C=O) groups excluding carboxylic acids is 1. The van der Waals surface area contributed by atoms with E-state index in [4.69, 9.17) is 15.5 Å². The van der Waals surface area contributed by atoms with Gasteiger partial charge < -0.3 is 30.8 Å². The molecule has 1 saturated heterocycles. The fraction of sp³-hybridized carbons (Fsp3) is 0.308. The minimum Gasteiger partial charge on any atom is -0.478 e. The van der Waals surface area contributed by atoms with Gasteiger partial charge in [0.2, 0.25) is 0 Å². The third-order valence-corrected chi connectivity index (χ3v) is 6.66. The zero-order chi connectivity index (χ0) is 24.4. The topological polar surface area (TPSA) is 118 Å². The molecule has 0 radical (unpaired) electrons. The molecule has 0 bridgehead atoms. The summed E-state index contributed by atoms with van der Waals surface area (Å²) in [6.45, 7) is 2.25. The molecule has 1 unspecified atom stereocenters. The molecule has 2 aliphatic rings. The number of nitrogen functional groups attached to an aromatic ring is 1. The van der Waals surface area contributed by atoms with Crippen LogP contribution in [0.5, 0.6) is 5.88 Å². The number of aldehydes is 1. The van der Waals surface area contributed by atoms with Crippen molar-refractivity contribution in [3.63, 3.8) is 0 Å². The number of hydrogen-bond donors (Lipinski definition) is 3. The first-order valence-corrected chi connectivity index (χ1v) is 11.7. The third kappa shape index (κ3) is 4.67. The van der Waals surface area contributed by atoms with Crippen LogP contribution in [0, 0.1) is 0 Å². The Morgan fingerprint density at radius 1 is 1.17 bits per heavy atom. The van der Waals surface area contributed by atoms with Gasteiger partial charge in [0.25, 0.3) is 5.88 Å². The zero-order valence-corrected chi connectivity index (χ0v) is 19.9. The molecule has 4 heterocycles. The van der Waals surface area contributed by atoms with E-state index in [-0.39, 0.29) is 11.7 Å². The number of anilines is 3. The Bertz CT molecular complexity index is 1250. The van der Waals surface area contributed by atoms with Gasteiger partial charge in [-0.25, -0.2) is 15.0 Å². The number of rotatable bonds is 6. The van der Waals surface area contributed by atoms with Gasteiger partial charge in [-0.2, -0.15) is 0 Å². The van der Waals surface area contributed by atoms with Gasteiger partial charge in [-0.05, 0) is 80.5 Å². The van der Waals surface area contributed by atoms with Gasteiger partial charge in [0, 0.05) is 11.3 Å². The molecule has 1 aromatic carbocycles. The SMILES string of the molecule is COc1nc(-c2cc3c(c(Nc4ccc(C5CCN(C)CC5)cc4)n2)C(C=O)NC=C3)cnc1N. The Morgan fingerprint density at radius 3 is 2.66 bits per heavy atom. The number of piperidine rings is 1. The average Bonchev–Trinajstić information content (AvgIpc) is 2.89. The number of nitrogens with one attached hydrogen (secondary N) is 2. The molecule has 0 spiro atoms. The number of ether oxygens (including phenoxy) is 1. The van der Waals surface area contributed by atoms with Crippen molar-refractivity contribution in [1.82, 2.24) is 25.2 Å². The second-order valence-electron chi connectivity index (χ2n) is 8.95. The van der Waals surface area contributed by atoms with Crippen LogP contribution in [0.1, 0.15) is 41.5 Å². The summed E-state index contributed by atoms with van der Waals surface area (Å²) >= 11 is 0. The molecule has 4 N–H and O–H groups in total. The molecule has 1 fully saturated rings. The fourth-order valence-corrected chi connectivity index (χ4v) is 4.67. The molecule has 9 nitrogen and oxygen atoms in total. The lowest BCUT2D eigenvalue weighted by molar-refractivity contribution is -0.109. The number of fused-ring (bicyclic) bond motifs is 1. The maximum Gasteiger partial charge on any atom is 0.257 e. The first kappa shape index (κ1) is 22.8. The Hall–Kier alpha value is -3.98. The largest absolute Gasteiger partial charge is 0.478 e. The summed E-state index contributed by atoms with van der Waals surface area (Å²) in [7, 11) is 3.67. The van der Waals surface area contributed by atoms with Crippen LogP contribution in [0.3, 0.4) is 0 Å². The summed E-state index contributed by atoms with van der Waals surface area (Å²) in [6, 6.07) is 9.88. The first-order chi connectivity index (χ1) is 17.1. The molecule has 180 valence electrons. The van der Waals surface area contributed by atoms with Crippen LogP contribution < -0.4 is 21.1 Å². The number of carbonyl (C=O) groups is 1. The second kappa shape index (κ2) is 9.71. The molecule has 35 heavy (non-hydrogen) atoms. The zero-order valence-electron chi connectivity index (χ0n) is 19.9. The van der Waals surface area contributed by atoms with Gasteiger partial charge in [-0.3, -0.25) is 0 Å². The van der Waals surface area contributed by atoms with Gasteiger partial charge in [0.05, 0.1) is 19.0 Å². The number of likely N-dealkylation sites (tertiary alicyclic amines) is 1. The van der Waals surface area contributed by atoms with Gasteiger partial charge in [-0.15, -0.1) is 0 Å². The predicted octanol–water partition coefficient (Wildman–Crippen LogP) is 3.50. The minimum atomic E-state index is -0.510. The molecule has 2 aromatic heterocycles. The lowest BCUT2D eigenvalue weighted by atomic mass is 9.89. The van der Waals surface area contributed by atoms with Crippen LogP contribution in [0.4, 0.5) is 17.3 Å². The Balaban J connectivity index is 1.49. The summed E-state index contributed by atoms with van der Waals surface area (Å²) in [6.07, 6.45) is 8.47. The summed E-state index contributed by atoms with van der Waals surface area (Å²) in [5.41, 5.74) is 10.9. The highest BCUT2D eigenvalue weighted by molar-refractivity contribution is 5.79. The minimum absolute atomic E-state index is 0.211. The Labute approximate surface area is 204 Å². The molecule has 0 amide bonds. The van der Waals surface area contributed by atoms with E-state index < -0.39 is 6.04 Å². The summed E-state index contributed by atoms with van der Waals surface area (Å²) < 4.78 is 5.23. The lowest BCUT2D eigenvalue weighted by Gasteiger charge is -2.29. The monoisotopic (exact) mass is 471 g/mol. The number of methoxy groups -OCH3 is 1. The number of aromatic nitrogens is 3. The van der Waals surface area contributed by atoms with E-state index in [1.807, 2.05) is 12.1 Å². The van der Waals surface area contributed by atoms with Crippen LogP contribution in [-0.4, -0.2) is 53.4 Å². The maximum atomic E-state index is 11.8. The van der Waals surface area contributed by atoms with Crippen molar-refractivity contribution in [2.75, 3.05) is 38.3 Å². The van der Waals surface area contributed by atoms with Crippen LogP contribution in [0.15, 0.2) is 42.7 Å². The van der Waals surface area contributed by atoms with E-state index in [9.17, 15) is 4.79 Å². The number of hydrogen-bond acceptors (Lipinski definition) is 9. The summed E-state index contributed by atoms with van der Waals surface area (Å²) in [5, 5.41) is 6.52. The van der Waals surface area contributed by atoms with Crippen LogP contribution in [0.2, 0.25) is 0 Å². The highest BCUT2D eigenvalue weighted by Crippen LogP contribution is 2.35. The van der Waals surface area contributed by atoms with Crippen molar-refractivity contribution in [2.45, 2.75) is 24.8 Å². The first-order valence-electron chi connectivity index (χ1n) is 11.7. The predicted molar refractivity (Wildman–Crippen MR) is 136 cm³/mol. The number of benzene rings is 1. The van der Waals surface area contributed by atoms with Crippen LogP contribution >= 0.6 is 0 Å². The molecular weight excluding hydrogens is 442 g/mol. The standard InChI is InChI=1S/C26H29N7O2/c1-33-11-8-17(9-12-33)16-3-5-19(6-4-16)30-25-23-18(7-10-28-22(23)15-34)13-20(31-25)21-14-29-24(27)26(32-21)35-2/h3-7,10,13-15,17,22,28H,8-9,11-12H2,1-2H3,(H2,27,29)(H,30,31). The summed E-state index contributed by atoms with van der Waals surface area (Å²) in [5.74, 6) is 1.62. The van der Waals surface area contributed by atoms with E-state index in [0.29, 0.717) is 23.1 Å². The maximum absolute atomic E-state index is 11.8. The second-order valence-corrected chi connectivity index (χ2v) is 8.95. The lowest BCUT2D eigenvalue weighted by Crippen LogP contribution is -2.29. The number of nitrogens with two attached hydrogens (primary N) is 1. The van der Waals surface area contributed by atoms with Gasteiger partial charge in [-0.1, -0.05) is 12.1 Å². The van der Waals surface area contributed by atoms with Crippen molar-refractivity contribution in [3.8, 4) is 17.3 Å². The van der Waals surface area contributed by atoms with Crippen molar-refractivity contribution in [3.05, 3.63) is 59.4 Å². The summed E-state index contributed by atoms with van der Waals surface area (Å²) in [4.78, 5) is 27.7. The number of nitrogens with zero attached hydrogens (tertiary/aromatic N) is 4. The van der Waals surface area contributed by atoms with Crippen LogP contribution in [0.25, 0.3) is 17.5 Å². The van der Waals surface area contributed by atoms with Gasteiger partial charge >= 0.3 is 0 Å². The molecule has 3 aromatic rings. The molecule has 5 rings (SSSR count). The van der Waals surface area contributed by atoms with E-state index in [1.165, 1.54) is 25.5 Å².